The van der Waals surface area contributed by atoms with E-state index in [4.69, 9.17) is 21.1 Å². The molecule has 0 unspecified atom stereocenters. The Morgan fingerprint density at radius 3 is 2.63 bits per heavy atom. The first-order chi connectivity index (χ1) is 8.86. The summed E-state index contributed by atoms with van der Waals surface area (Å²) in [5.41, 5.74) is 6.33. The lowest BCUT2D eigenvalue weighted by atomic mass is 10.2. The summed E-state index contributed by atoms with van der Waals surface area (Å²) in [4.78, 5) is 11.8. The van der Waals surface area contributed by atoms with E-state index in [-0.39, 0.29) is 5.82 Å². The molecule has 1 aromatic carbocycles. The first kappa shape index (κ1) is 13.0. The quantitative estimate of drug-likeness (QED) is 0.366. The van der Waals surface area contributed by atoms with Crippen LogP contribution in [0.2, 0.25) is 0 Å². The average molecular weight is 264 g/mol. The van der Waals surface area contributed by atoms with Crippen molar-refractivity contribution < 1.29 is 20.1 Å². The fourth-order valence-corrected chi connectivity index (χ4v) is 1.43. The standard InChI is InChI=1S/C11H12N4O4/c12-8-3-1-2-7(6-8)10(16)13-9-4-5-15(14-9)11(17,18)19/h1-6,17-19H,12H2,(H,13,14,16). The lowest BCUT2D eigenvalue weighted by Crippen LogP contribution is -2.32. The van der Waals surface area contributed by atoms with Crippen molar-refractivity contribution in [3.8, 4) is 0 Å². The van der Waals surface area contributed by atoms with Crippen LogP contribution in [0.1, 0.15) is 10.4 Å². The van der Waals surface area contributed by atoms with Gasteiger partial charge in [-0.3, -0.25) is 4.79 Å². The van der Waals surface area contributed by atoms with Crippen molar-refractivity contribution in [3.05, 3.63) is 42.1 Å². The molecular formula is C11H12N4O4. The van der Waals surface area contributed by atoms with Crippen LogP contribution in [0.4, 0.5) is 11.5 Å². The summed E-state index contributed by atoms with van der Waals surface area (Å²) in [5.74, 6) is -0.411. The summed E-state index contributed by atoms with van der Waals surface area (Å²) in [7, 11) is 0. The summed E-state index contributed by atoms with van der Waals surface area (Å²) in [6, 6.07) is 7.62. The molecule has 8 heteroatoms. The van der Waals surface area contributed by atoms with Crippen LogP contribution in [0.25, 0.3) is 0 Å². The molecule has 1 amide bonds. The van der Waals surface area contributed by atoms with Gasteiger partial charge >= 0.3 is 6.10 Å². The van der Waals surface area contributed by atoms with Crippen LogP contribution in [0.3, 0.4) is 0 Å². The van der Waals surface area contributed by atoms with Crippen LogP contribution in [-0.4, -0.2) is 31.0 Å². The molecule has 19 heavy (non-hydrogen) atoms. The fourth-order valence-electron chi connectivity index (χ4n) is 1.43. The molecular weight excluding hydrogens is 252 g/mol. The van der Waals surface area contributed by atoms with E-state index in [0.29, 0.717) is 15.9 Å². The van der Waals surface area contributed by atoms with Gasteiger partial charge in [0.1, 0.15) is 0 Å². The van der Waals surface area contributed by atoms with E-state index in [9.17, 15) is 4.79 Å². The molecule has 1 aromatic heterocycles. The molecule has 2 rings (SSSR count). The van der Waals surface area contributed by atoms with E-state index < -0.39 is 12.0 Å². The van der Waals surface area contributed by atoms with Crippen molar-refractivity contribution in [2.45, 2.75) is 6.10 Å². The highest BCUT2D eigenvalue weighted by atomic mass is 16.7. The van der Waals surface area contributed by atoms with Crippen LogP contribution in [0.15, 0.2) is 36.5 Å². The van der Waals surface area contributed by atoms with Gasteiger partial charge in [-0.2, -0.15) is 4.68 Å². The molecule has 0 radical (unpaired) electrons. The van der Waals surface area contributed by atoms with E-state index in [1.807, 2.05) is 0 Å². The van der Waals surface area contributed by atoms with Gasteiger partial charge in [0.25, 0.3) is 5.91 Å². The number of amides is 1. The topological polar surface area (TPSA) is 134 Å². The van der Waals surface area contributed by atoms with E-state index >= 15 is 0 Å². The maximum absolute atomic E-state index is 11.8. The molecule has 0 fully saturated rings. The predicted octanol–water partition coefficient (Wildman–Crippen LogP) is -0.738. The van der Waals surface area contributed by atoms with Crippen molar-refractivity contribution in [1.82, 2.24) is 9.78 Å². The molecule has 0 bridgehead atoms. The molecule has 100 valence electrons. The van der Waals surface area contributed by atoms with Gasteiger partial charge < -0.3 is 26.4 Å². The van der Waals surface area contributed by atoms with Gasteiger partial charge in [-0.25, -0.2) is 0 Å². The number of carbonyl (C=O) groups excluding carboxylic acids is 1. The second-order valence-corrected chi connectivity index (χ2v) is 3.83. The average Bonchev–Trinajstić information content (AvgIpc) is 2.77. The molecule has 0 saturated carbocycles. The van der Waals surface area contributed by atoms with Crippen molar-refractivity contribution >= 4 is 17.4 Å². The molecule has 0 spiro atoms. The largest absolute Gasteiger partial charge is 0.399 e. The van der Waals surface area contributed by atoms with Gasteiger partial charge in [-0.1, -0.05) is 6.07 Å². The Bertz CT molecular complexity index is 603. The summed E-state index contributed by atoms with van der Waals surface area (Å²) < 4.78 is 0.474. The third-order valence-electron chi connectivity index (χ3n) is 2.29. The zero-order chi connectivity index (χ0) is 14.0. The van der Waals surface area contributed by atoms with Crippen LogP contribution < -0.4 is 11.1 Å². The minimum absolute atomic E-state index is 0.0500. The number of hydrogen-bond acceptors (Lipinski definition) is 6. The zero-order valence-corrected chi connectivity index (χ0v) is 9.69. The number of nitrogens with zero attached hydrogens (tertiary/aromatic N) is 2. The molecule has 0 aliphatic carbocycles. The number of aromatic nitrogens is 2. The Balaban J connectivity index is 2.13. The summed E-state index contributed by atoms with van der Waals surface area (Å²) >= 11 is 0. The van der Waals surface area contributed by atoms with E-state index in [1.54, 1.807) is 18.2 Å². The number of carbonyl (C=O) groups is 1. The lowest BCUT2D eigenvalue weighted by molar-refractivity contribution is -0.380. The molecule has 2 aromatic rings. The second kappa shape index (κ2) is 4.69. The number of nitrogens with two attached hydrogens (primary N) is 1. The highest BCUT2D eigenvalue weighted by molar-refractivity contribution is 6.04. The zero-order valence-electron chi connectivity index (χ0n) is 9.69. The first-order valence-electron chi connectivity index (χ1n) is 5.26. The number of anilines is 2. The Labute approximate surface area is 107 Å². The van der Waals surface area contributed by atoms with E-state index in [2.05, 4.69) is 10.4 Å². The number of hydrogen-bond donors (Lipinski definition) is 5. The molecule has 0 aliphatic heterocycles. The molecule has 6 N–H and O–H groups in total. The summed E-state index contributed by atoms with van der Waals surface area (Å²) in [6.45, 7) is 0. The normalized spacial score (nSPS) is 11.3. The SMILES string of the molecule is Nc1cccc(C(=O)Nc2ccn(C(O)(O)O)n2)c1. The van der Waals surface area contributed by atoms with Gasteiger partial charge in [-0.15, -0.1) is 5.10 Å². The smallest absolute Gasteiger partial charge is 0.389 e. The van der Waals surface area contributed by atoms with Gasteiger partial charge in [0.2, 0.25) is 0 Å². The molecule has 0 aliphatic rings. The molecule has 1 heterocycles. The highest BCUT2D eigenvalue weighted by Crippen LogP contribution is 2.11. The Kier molecular flexibility index (Phi) is 3.21. The monoisotopic (exact) mass is 264 g/mol. The number of nitrogens with one attached hydrogen (secondary N) is 1. The lowest BCUT2D eigenvalue weighted by Gasteiger charge is -2.12. The summed E-state index contributed by atoms with van der Waals surface area (Å²) in [6.07, 6.45) is -2.02. The Morgan fingerprint density at radius 1 is 1.32 bits per heavy atom. The number of aliphatic hydroxyl groups is 3. The third-order valence-corrected chi connectivity index (χ3v) is 2.29. The van der Waals surface area contributed by atoms with Crippen LogP contribution in [0.5, 0.6) is 0 Å². The second-order valence-electron chi connectivity index (χ2n) is 3.83. The van der Waals surface area contributed by atoms with Crippen molar-refractivity contribution in [1.29, 1.82) is 0 Å². The van der Waals surface area contributed by atoms with Crippen molar-refractivity contribution in [2.24, 2.45) is 0 Å². The van der Waals surface area contributed by atoms with Gasteiger partial charge in [0.15, 0.2) is 5.82 Å². The first-order valence-corrected chi connectivity index (χ1v) is 5.26. The maximum atomic E-state index is 11.8. The molecule has 0 atom stereocenters. The fraction of sp³-hybridized carbons (Fsp3) is 0.0909. The summed E-state index contributed by atoms with van der Waals surface area (Å²) in [5, 5.41) is 32.6. The Morgan fingerprint density at radius 2 is 2.05 bits per heavy atom. The van der Waals surface area contributed by atoms with E-state index in [0.717, 1.165) is 6.20 Å². The van der Waals surface area contributed by atoms with Crippen LogP contribution >= 0.6 is 0 Å². The van der Waals surface area contributed by atoms with Gasteiger partial charge in [-0.05, 0) is 18.2 Å². The van der Waals surface area contributed by atoms with E-state index in [1.165, 1.54) is 12.1 Å². The number of rotatable bonds is 3. The Hall–Kier alpha value is -2.42. The van der Waals surface area contributed by atoms with Gasteiger partial charge in [0, 0.05) is 23.5 Å². The van der Waals surface area contributed by atoms with Gasteiger partial charge in [0.05, 0.1) is 0 Å². The maximum Gasteiger partial charge on any atom is 0.389 e. The van der Waals surface area contributed by atoms with Crippen LogP contribution in [0, 0.1) is 0 Å². The van der Waals surface area contributed by atoms with Crippen LogP contribution in [-0.2, 0) is 6.10 Å². The minimum atomic E-state index is -3.11. The third kappa shape index (κ3) is 3.07. The predicted molar refractivity (Wildman–Crippen MR) is 65.7 cm³/mol. The minimum Gasteiger partial charge on any atom is -0.399 e. The molecule has 8 nitrogen and oxygen atoms in total. The highest BCUT2D eigenvalue weighted by Gasteiger charge is 2.22. The number of benzene rings is 1. The van der Waals surface area contributed by atoms with Crippen molar-refractivity contribution in [2.75, 3.05) is 11.1 Å². The number of nitrogen functional groups attached to an aromatic ring is 1. The van der Waals surface area contributed by atoms with Crippen molar-refractivity contribution in [3.63, 3.8) is 0 Å². The molecule has 0 saturated heterocycles.